The van der Waals surface area contributed by atoms with Crippen LogP contribution in [0.3, 0.4) is 0 Å². The SMILES string of the molecule is O=S1(=O)CCN(c2ncnc(C3CCC3)c2F)CC1. The number of halogens is 1. The maximum absolute atomic E-state index is 14.4. The highest BCUT2D eigenvalue weighted by atomic mass is 32.2. The van der Waals surface area contributed by atoms with E-state index in [0.29, 0.717) is 18.8 Å². The molecule has 1 saturated heterocycles. The van der Waals surface area contributed by atoms with Gasteiger partial charge >= 0.3 is 0 Å². The quantitative estimate of drug-likeness (QED) is 0.814. The first-order valence-electron chi connectivity index (χ1n) is 6.52. The summed E-state index contributed by atoms with van der Waals surface area (Å²) >= 11 is 0. The van der Waals surface area contributed by atoms with E-state index in [1.165, 1.54) is 6.33 Å². The molecule has 5 nitrogen and oxygen atoms in total. The molecule has 0 aromatic carbocycles. The number of hydrogen-bond acceptors (Lipinski definition) is 5. The van der Waals surface area contributed by atoms with E-state index in [2.05, 4.69) is 9.97 Å². The standard InChI is InChI=1S/C12H16FN3O2S/c13-10-11(9-2-1-3-9)14-8-15-12(10)16-4-6-19(17,18)7-5-16/h8-9H,1-7H2. The van der Waals surface area contributed by atoms with Crippen molar-refractivity contribution in [1.29, 1.82) is 0 Å². The third kappa shape index (κ3) is 2.43. The van der Waals surface area contributed by atoms with E-state index in [1.807, 2.05) is 0 Å². The van der Waals surface area contributed by atoms with E-state index in [0.717, 1.165) is 19.3 Å². The Balaban J connectivity index is 1.85. The molecule has 2 fully saturated rings. The molecule has 3 rings (SSSR count). The van der Waals surface area contributed by atoms with Gasteiger partial charge in [0.2, 0.25) is 0 Å². The van der Waals surface area contributed by atoms with Crippen LogP contribution in [0.4, 0.5) is 10.2 Å². The van der Waals surface area contributed by atoms with Crippen LogP contribution in [0.25, 0.3) is 0 Å². The van der Waals surface area contributed by atoms with E-state index >= 15 is 0 Å². The fourth-order valence-electron chi connectivity index (χ4n) is 2.48. The Kier molecular flexibility index (Phi) is 3.16. The van der Waals surface area contributed by atoms with Gasteiger partial charge in [0, 0.05) is 19.0 Å². The number of aromatic nitrogens is 2. The fraction of sp³-hybridized carbons (Fsp3) is 0.667. The van der Waals surface area contributed by atoms with Gasteiger partial charge in [-0.3, -0.25) is 0 Å². The van der Waals surface area contributed by atoms with E-state index < -0.39 is 9.84 Å². The zero-order valence-electron chi connectivity index (χ0n) is 10.5. The molecule has 0 radical (unpaired) electrons. The van der Waals surface area contributed by atoms with Crippen LogP contribution in [0.5, 0.6) is 0 Å². The molecule has 1 aromatic rings. The Bertz CT molecular complexity index is 573. The summed E-state index contributed by atoms with van der Waals surface area (Å²) in [4.78, 5) is 9.76. The molecule has 0 unspecified atom stereocenters. The lowest BCUT2D eigenvalue weighted by molar-refractivity contribution is 0.392. The van der Waals surface area contributed by atoms with Gasteiger partial charge in [-0.2, -0.15) is 0 Å². The molecule has 0 amide bonds. The molecule has 0 N–H and O–H groups in total. The highest BCUT2D eigenvalue weighted by Crippen LogP contribution is 2.37. The van der Waals surface area contributed by atoms with Gasteiger partial charge in [-0.25, -0.2) is 22.8 Å². The Morgan fingerprint density at radius 3 is 2.47 bits per heavy atom. The van der Waals surface area contributed by atoms with Crippen molar-refractivity contribution in [2.45, 2.75) is 25.2 Å². The van der Waals surface area contributed by atoms with Gasteiger partial charge in [-0.05, 0) is 12.8 Å². The lowest BCUT2D eigenvalue weighted by atomic mass is 9.82. The Hall–Kier alpha value is -1.24. The predicted molar refractivity (Wildman–Crippen MR) is 69.4 cm³/mol. The van der Waals surface area contributed by atoms with Crippen LogP contribution < -0.4 is 4.90 Å². The lowest BCUT2D eigenvalue weighted by Gasteiger charge is -2.30. The summed E-state index contributed by atoms with van der Waals surface area (Å²) in [6.45, 7) is 0.612. The number of nitrogens with zero attached hydrogens (tertiary/aromatic N) is 3. The molecule has 19 heavy (non-hydrogen) atoms. The largest absolute Gasteiger partial charge is 0.352 e. The maximum Gasteiger partial charge on any atom is 0.187 e. The summed E-state index contributed by atoms with van der Waals surface area (Å²) < 4.78 is 37.2. The van der Waals surface area contributed by atoms with Crippen LogP contribution >= 0.6 is 0 Å². The van der Waals surface area contributed by atoms with Crippen molar-refractivity contribution in [3.8, 4) is 0 Å². The van der Waals surface area contributed by atoms with Crippen LogP contribution in [0.1, 0.15) is 30.9 Å². The second kappa shape index (κ2) is 4.70. The second-order valence-electron chi connectivity index (χ2n) is 5.16. The zero-order chi connectivity index (χ0) is 13.5. The van der Waals surface area contributed by atoms with Crippen molar-refractivity contribution in [1.82, 2.24) is 9.97 Å². The summed E-state index contributed by atoms with van der Waals surface area (Å²) in [6.07, 6.45) is 4.45. The topological polar surface area (TPSA) is 63.2 Å². The van der Waals surface area contributed by atoms with Crippen molar-refractivity contribution in [3.63, 3.8) is 0 Å². The highest BCUT2D eigenvalue weighted by Gasteiger charge is 2.29. The molecule has 2 heterocycles. The Morgan fingerprint density at radius 2 is 1.89 bits per heavy atom. The first kappa shape index (κ1) is 12.8. The van der Waals surface area contributed by atoms with E-state index in [4.69, 9.17) is 0 Å². The normalized spacial score (nSPS) is 23.1. The third-order valence-electron chi connectivity index (χ3n) is 3.93. The van der Waals surface area contributed by atoms with Crippen LogP contribution in [0.2, 0.25) is 0 Å². The molecule has 1 aromatic heterocycles. The van der Waals surface area contributed by atoms with Gasteiger partial charge in [0.1, 0.15) is 6.33 Å². The minimum atomic E-state index is -2.96. The molecule has 1 aliphatic carbocycles. The van der Waals surface area contributed by atoms with Gasteiger partial charge in [-0.1, -0.05) is 6.42 Å². The van der Waals surface area contributed by atoms with Crippen LogP contribution in [0, 0.1) is 5.82 Å². The maximum atomic E-state index is 14.4. The summed E-state index contributed by atoms with van der Waals surface area (Å²) in [5.41, 5.74) is 0.490. The number of hydrogen-bond donors (Lipinski definition) is 0. The number of sulfone groups is 1. The molecule has 7 heteroatoms. The molecular weight excluding hydrogens is 269 g/mol. The molecule has 0 bridgehead atoms. The molecule has 104 valence electrons. The molecule has 2 aliphatic rings. The van der Waals surface area contributed by atoms with Crippen molar-refractivity contribution in [2.75, 3.05) is 29.5 Å². The van der Waals surface area contributed by atoms with Crippen molar-refractivity contribution in [3.05, 3.63) is 17.8 Å². The van der Waals surface area contributed by atoms with E-state index in [1.54, 1.807) is 4.90 Å². The van der Waals surface area contributed by atoms with E-state index in [-0.39, 0.29) is 29.1 Å². The lowest BCUT2D eigenvalue weighted by Crippen LogP contribution is -2.41. The summed E-state index contributed by atoms with van der Waals surface area (Å²) in [5.74, 6) is 0.221. The third-order valence-corrected chi connectivity index (χ3v) is 5.54. The van der Waals surface area contributed by atoms with E-state index in [9.17, 15) is 12.8 Å². The monoisotopic (exact) mass is 285 g/mol. The Morgan fingerprint density at radius 1 is 1.21 bits per heavy atom. The minimum absolute atomic E-state index is 0.0647. The number of rotatable bonds is 2. The van der Waals surface area contributed by atoms with Gasteiger partial charge in [0.15, 0.2) is 21.5 Å². The summed E-state index contributed by atoms with van der Waals surface area (Å²) in [6, 6.07) is 0. The van der Waals surface area contributed by atoms with Crippen LogP contribution in [-0.4, -0.2) is 43.0 Å². The van der Waals surface area contributed by atoms with Crippen molar-refractivity contribution < 1.29 is 12.8 Å². The average molecular weight is 285 g/mol. The fourth-order valence-corrected chi connectivity index (χ4v) is 3.69. The molecule has 0 spiro atoms. The summed E-state index contributed by atoms with van der Waals surface area (Å²) in [5, 5.41) is 0. The highest BCUT2D eigenvalue weighted by molar-refractivity contribution is 7.91. The minimum Gasteiger partial charge on any atom is -0.352 e. The van der Waals surface area contributed by atoms with Crippen LogP contribution in [0.15, 0.2) is 6.33 Å². The van der Waals surface area contributed by atoms with Gasteiger partial charge in [-0.15, -0.1) is 0 Å². The Labute approximate surface area is 111 Å². The van der Waals surface area contributed by atoms with Crippen molar-refractivity contribution >= 4 is 15.7 Å². The smallest absolute Gasteiger partial charge is 0.187 e. The molecule has 0 atom stereocenters. The number of anilines is 1. The second-order valence-corrected chi connectivity index (χ2v) is 7.47. The van der Waals surface area contributed by atoms with Crippen molar-refractivity contribution in [2.24, 2.45) is 0 Å². The van der Waals surface area contributed by atoms with Gasteiger partial charge in [0.05, 0.1) is 17.2 Å². The molecule has 1 aliphatic heterocycles. The summed E-state index contributed by atoms with van der Waals surface area (Å²) in [7, 11) is -2.96. The first-order valence-corrected chi connectivity index (χ1v) is 8.35. The first-order chi connectivity index (χ1) is 9.07. The zero-order valence-corrected chi connectivity index (χ0v) is 11.4. The van der Waals surface area contributed by atoms with Gasteiger partial charge in [0.25, 0.3) is 0 Å². The molecular formula is C12H16FN3O2S. The van der Waals surface area contributed by atoms with Crippen LogP contribution in [-0.2, 0) is 9.84 Å². The average Bonchev–Trinajstić information content (AvgIpc) is 2.30. The van der Waals surface area contributed by atoms with Gasteiger partial charge < -0.3 is 4.90 Å². The molecule has 1 saturated carbocycles. The predicted octanol–water partition coefficient (Wildman–Crippen LogP) is 1.12.